The van der Waals surface area contributed by atoms with E-state index in [1.54, 1.807) is 11.0 Å². The highest BCUT2D eigenvalue weighted by Crippen LogP contribution is 2.44. The Hall–Kier alpha value is -2.79. The highest BCUT2D eigenvalue weighted by Gasteiger charge is 2.34. The molecular weight excluding hydrogens is 473 g/mol. The van der Waals surface area contributed by atoms with Crippen molar-refractivity contribution in [1.82, 2.24) is 0 Å². The van der Waals surface area contributed by atoms with Gasteiger partial charge in [-0.2, -0.15) is 13.2 Å². The quantitative estimate of drug-likeness (QED) is 0.582. The van der Waals surface area contributed by atoms with Crippen molar-refractivity contribution in [2.75, 3.05) is 29.8 Å². The Morgan fingerprint density at radius 1 is 1.15 bits per heavy atom. The monoisotopic (exact) mass is 498 g/mol. The second kappa shape index (κ2) is 9.10. The normalized spacial score (nSPS) is 19.1. The van der Waals surface area contributed by atoms with Crippen molar-refractivity contribution in [3.63, 3.8) is 0 Å². The van der Waals surface area contributed by atoms with Crippen molar-refractivity contribution in [3.05, 3.63) is 53.1 Å². The van der Waals surface area contributed by atoms with Gasteiger partial charge in [-0.3, -0.25) is 4.72 Å². The highest BCUT2D eigenvalue weighted by atomic mass is 32.2. The Kier molecular flexibility index (Phi) is 6.52. The summed E-state index contributed by atoms with van der Waals surface area (Å²) in [6.07, 6.45) is -2.62. The van der Waals surface area contributed by atoms with Gasteiger partial charge in [0, 0.05) is 13.1 Å². The molecule has 2 N–H and O–H groups in total. The SMILES string of the molecule is COC(=O)c1ccc(C2CC2)c(S(=O)(=O)Nc2cc(C(F)(F)F)ccc2N2CCC[C@@H](O)C2)c1. The van der Waals surface area contributed by atoms with E-state index in [4.69, 9.17) is 4.74 Å². The van der Waals surface area contributed by atoms with Crippen LogP contribution in [0.15, 0.2) is 41.3 Å². The minimum absolute atomic E-state index is 0.00325. The van der Waals surface area contributed by atoms with Gasteiger partial charge in [0.15, 0.2) is 0 Å². The molecule has 1 saturated heterocycles. The van der Waals surface area contributed by atoms with Gasteiger partial charge in [0.05, 0.1) is 40.6 Å². The number of rotatable bonds is 6. The van der Waals surface area contributed by atoms with Crippen LogP contribution in [0, 0.1) is 0 Å². The zero-order chi connectivity index (χ0) is 24.7. The maximum Gasteiger partial charge on any atom is 0.416 e. The van der Waals surface area contributed by atoms with Crippen molar-refractivity contribution in [3.8, 4) is 0 Å². The second-order valence-electron chi connectivity index (χ2n) is 8.60. The van der Waals surface area contributed by atoms with Gasteiger partial charge in [0.25, 0.3) is 10.0 Å². The van der Waals surface area contributed by atoms with Crippen LogP contribution < -0.4 is 9.62 Å². The van der Waals surface area contributed by atoms with Crippen LogP contribution in [-0.2, 0) is 20.9 Å². The van der Waals surface area contributed by atoms with Gasteiger partial charge in [-0.25, -0.2) is 13.2 Å². The lowest BCUT2D eigenvalue weighted by molar-refractivity contribution is -0.137. The summed E-state index contributed by atoms with van der Waals surface area (Å²) in [5.74, 6) is -0.725. The molecule has 2 fully saturated rings. The van der Waals surface area contributed by atoms with Crippen molar-refractivity contribution >= 4 is 27.4 Å². The Morgan fingerprint density at radius 2 is 1.88 bits per heavy atom. The van der Waals surface area contributed by atoms with Gasteiger partial charge < -0.3 is 14.7 Å². The average Bonchev–Trinajstić information content (AvgIpc) is 3.62. The first-order valence-corrected chi connectivity index (χ1v) is 12.4. The minimum atomic E-state index is -4.68. The number of aliphatic hydroxyl groups is 1. The number of carbonyl (C=O) groups excluding carboxylic acids is 1. The molecule has 2 aliphatic rings. The lowest BCUT2D eigenvalue weighted by Crippen LogP contribution is -2.38. The van der Waals surface area contributed by atoms with E-state index in [0.29, 0.717) is 24.9 Å². The van der Waals surface area contributed by atoms with Crippen LogP contribution in [0.4, 0.5) is 24.5 Å². The molecule has 7 nitrogen and oxygen atoms in total. The third-order valence-electron chi connectivity index (χ3n) is 6.05. The van der Waals surface area contributed by atoms with Gasteiger partial charge in [-0.15, -0.1) is 0 Å². The summed E-state index contributed by atoms with van der Waals surface area (Å²) in [5.41, 5.74) is -0.475. The molecule has 1 aliphatic heterocycles. The van der Waals surface area contributed by atoms with Crippen LogP contribution in [0.25, 0.3) is 0 Å². The van der Waals surface area contributed by atoms with Crippen LogP contribution in [-0.4, -0.2) is 45.8 Å². The lowest BCUT2D eigenvalue weighted by Gasteiger charge is -2.33. The number of hydrogen-bond acceptors (Lipinski definition) is 6. The molecule has 1 heterocycles. The summed E-state index contributed by atoms with van der Waals surface area (Å²) in [6.45, 7) is 0.632. The summed E-state index contributed by atoms with van der Waals surface area (Å²) < 4.78 is 74.3. The molecule has 1 saturated carbocycles. The van der Waals surface area contributed by atoms with E-state index in [1.165, 1.54) is 25.3 Å². The first-order valence-electron chi connectivity index (χ1n) is 10.9. The van der Waals surface area contributed by atoms with Gasteiger partial charge >= 0.3 is 12.1 Å². The van der Waals surface area contributed by atoms with Crippen LogP contribution >= 0.6 is 0 Å². The Morgan fingerprint density at radius 3 is 2.50 bits per heavy atom. The maximum atomic E-state index is 13.5. The molecule has 2 aromatic rings. The number of benzene rings is 2. The molecule has 0 spiro atoms. The number of nitrogens with zero attached hydrogens (tertiary/aromatic N) is 1. The van der Waals surface area contributed by atoms with Crippen molar-refractivity contribution in [1.29, 1.82) is 0 Å². The van der Waals surface area contributed by atoms with Crippen molar-refractivity contribution in [2.24, 2.45) is 0 Å². The van der Waals surface area contributed by atoms with Gasteiger partial charge in [-0.1, -0.05) is 6.07 Å². The number of β-amino-alcohol motifs (C(OH)–C–C–N with tert-alkyl or cyclic N) is 1. The second-order valence-corrected chi connectivity index (χ2v) is 10.2. The largest absolute Gasteiger partial charge is 0.465 e. The third-order valence-corrected chi connectivity index (χ3v) is 7.47. The van der Waals surface area contributed by atoms with Crippen LogP contribution in [0.5, 0.6) is 0 Å². The molecule has 1 aliphatic carbocycles. The minimum Gasteiger partial charge on any atom is -0.465 e. The summed E-state index contributed by atoms with van der Waals surface area (Å²) in [5, 5.41) is 10.0. The topological polar surface area (TPSA) is 95.9 Å². The number of methoxy groups -OCH3 is 1. The first kappa shape index (κ1) is 24.3. The predicted molar refractivity (Wildman–Crippen MR) is 119 cm³/mol. The van der Waals surface area contributed by atoms with E-state index in [0.717, 1.165) is 25.0 Å². The van der Waals surface area contributed by atoms with E-state index in [9.17, 15) is 31.5 Å². The molecule has 11 heteroatoms. The average molecular weight is 499 g/mol. The number of hydrogen-bond donors (Lipinski definition) is 2. The third kappa shape index (κ3) is 5.15. The number of aliphatic hydroxyl groups excluding tert-OH is 1. The number of alkyl halides is 3. The number of nitrogens with one attached hydrogen (secondary N) is 1. The van der Waals surface area contributed by atoms with Crippen LogP contribution in [0.3, 0.4) is 0 Å². The summed E-state index contributed by atoms with van der Waals surface area (Å²) in [6, 6.07) is 7.08. The number of sulfonamides is 1. The molecule has 0 radical (unpaired) electrons. The Bertz CT molecular complexity index is 1200. The smallest absolute Gasteiger partial charge is 0.416 e. The Labute approximate surface area is 195 Å². The number of esters is 1. The van der Waals surface area contributed by atoms with Gasteiger partial charge in [0.1, 0.15) is 0 Å². The molecule has 34 heavy (non-hydrogen) atoms. The molecule has 1 atom stereocenters. The number of anilines is 2. The lowest BCUT2D eigenvalue weighted by atomic mass is 10.1. The number of carbonyl (C=O) groups is 1. The fraction of sp³-hybridized carbons (Fsp3) is 0.435. The van der Waals surface area contributed by atoms with Crippen LogP contribution in [0.2, 0.25) is 0 Å². The zero-order valence-electron chi connectivity index (χ0n) is 18.4. The fourth-order valence-corrected chi connectivity index (χ4v) is 5.58. The van der Waals surface area contributed by atoms with E-state index >= 15 is 0 Å². The zero-order valence-corrected chi connectivity index (χ0v) is 19.2. The number of halogens is 3. The Balaban J connectivity index is 1.78. The standard InChI is InChI=1S/C23H25F3N2O5S/c1-33-22(30)15-6-8-18(14-4-5-14)21(11-15)34(31,32)27-19-12-16(23(24,25)26)7-9-20(19)28-10-2-3-17(29)13-28/h6-9,11-12,14,17,27,29H,2-5,10,13H2,1H3/t17-/m1/s1. The summed E-state index contributed by atoms with van der Waals surface area (Å²) in [4.78, 5) is 13.5. The van der Waals surface area contributed by atoms with Crippen molar-refractivity contribution in [2.45, 2.75) is 48.8 Å². The van der Waals surface area contributed by atoms with Gasteiger partial charge in [0.2, 0.25) is 0 Å². The van der Waals surface area contributed by atoms with E-state index < -0.39 is 33.8 Å². The van der Waals surface area contributed by atoms with Crippen molar-refractivity contribution < 1.29 is 36.2 Å². The highest BCUT2D eigenvalue weighted by molar-refractivity contribution is 7.92. The number of ether oxygens (including phenoxy) is 1. The molecule has 2 aromatic carbocycles. The molecule has 0 aromatic heterocycles. The molecular formula is C23H25F3N2O5S. The fourth-order valence-electron chi connectivity index (χ4n) is 4.19. The molecule has 0 bridgehead atoms. The van der Waals surface area contributed by atoms with E-state index in [2.05, 4.69) is 4.72 Å². The first-order chi connectivity index (χ1) is 16.0. The van der Waals surface area contributed by atoms with E-state index in [1.807, 2.05) is 0 Å². The predicted octanol–water partition coefficient (Wildman–Crippen LogP) is 4.13. The molecule has 0 unspecified atom stereocenters. The molecule has 4 rings (SSSR count). The summed E-state index contributed by atoms with van der Waals surface area (Å²) >= 11 is 0. The van der Waals surface area contributed by atoms with E-state index in [-0.39, 0.29) is 34.3 Å². The van der Waals surface area contributed by atoms with Crippen LogP contribution in [0.1, 0.15) is 53.1 Å². The number of piperidine rings is 1. The molecule has 0 amide bonds. The molecule has 184 valence electrons. The summed E-state index contributed by atoms with van der Waals surface area (Å²) in [7, 11) is -3.19. The van der Waals surface area contributed by atoms with Gasteiger partial charge in [-0.05, 0) is 67.5 Å². The maximum absolute atomic E-state index is 13.5.